The molecule has 3 rings (SSSR count). The van der Waals surface area contributed by atoms with Crippen LogP contribution in [0.3, 0.4) is 0 Å². The predicted octanol–water partition coefficient (Wildman–Crippen LogP) is 2.62. The lowest BCUT2D eigenvalue weighted by atomic mass is 9.87. The number of benzene rings is 1. The molecule has 2 unspecified atom stereocenters. The van der Waals surface area contributed by atoms with Crippen molar-refractivity contribution in [3.05, 3.63) is 35.4 Å². The topological polar surface area (TPSA) is 24.1 Å². The molecule has 0 spiro atoms. The molecule has 2 heteroatoms. The lowest BCUT2D eigenvalue weighted by molar-refractivity contribution is 0.457. The molecule has 0 saturated carbocycles. The van der Waals surface area contributed by atoms with Crippen LogP contribution in [-0.2, 0) is 0 Å². The van der Waals surface area contributed by atoms with Gasteiger partial charge in [-0.1, -0.05) is 24.3 Å². The summed E-state index contributed by atoms with van der Waals surface area (Å²) in [6.07, 6.45) is 5.33. The Balaban J connectivity index is 1.67. The molecular weight excluding hydrogens is 220 g/mol. The molecule has 98 valence electrons. The Morgan fingerprint density at radius 2 is 1.17 bits per heavy atom. The van der Waals surface area contributed by atoms with E-state index in [0.717, 1.165) is 24.9 Å². The smallest absolute Gasteiger partial charge is 0.00201 e. The number of piperidine rings is 2. The summed E-state index contributed by atoms with van der Waals surface area (Å²) in [6, 6.07) is 9.45. The van der Waals surface area contributed by atoms with Crippen LogP contribution in [0.25, 0.3) is 0 Å². The molecule has 2 aliphatic rings. The molecule has 0 aliphatic carbocycles. The normalized spacial score (nSPS) is 29.1. The van der Waals surface area contributed by atoms with Crippen LogP contribution in [0.15, 0.2) is 24.3 Å². The number of hydrogen-bond donors (Lipinski definition) is 2. The Hall–Kier alpha value is -0.860. The molecule has 2 nitrogen and oxygen atoms in total. The van der Waals surface area contributed by atoms with E-state index in [4.69, 9.17) is 0 Å². The highest BCUT2D eigenvalue weighted by Gasteiger charge is 2.17. The Morgan fingerprint density at radius 1 is 0.722 bits per heavy atom. The van der Waals surface area contributed by atoms with Crippen LogP contribution in [0.2, 0.25) is 0 Å². The van der Waals surface area contributed by atoms with Gasteiger partial charge in [0.2, 0.25) is 0 Å². The molecule has 0 amide bonds. The molecule has 0 radical (unpaired) electrons. The summed E-state index contributed by atoms with van der Waals surface area (Å²) in [5.41, 5.74) is 3.05. The summed E-state index contributed by atoms with van der Waals surface area (Å²) in [7, 11) is 0. The molecule has 18 heavy (non-hydrogen) atoms. The first kappa shape index (κ1) is 12.2. The molecule has 1 aromatic rings. The first-order valence-corrected chi connectivity index (χ1v) is 7.45. The fraction of sp³-hybridized carbons (Fsp3) is 0.625. The summed E-state index contributed by atoms with van der Waals surface area (Å²) < 4.78 is 0. The Morgan fingerprint density at radius 3 is 1.50 bits per heavy atom. The molecular formula is C16H24N2. The van der Waals surface area contributed by atoms with Crippen LogP contribution < -0.4 is 10.6 Å². The van der Waals surface area contributed by atoms with Gasteiger partial charge in [-0.2, -0.15) is 0 Å². The van der Waals surface area contributed by atoms with Crippen LogP contribution in [0, 0.1) is 0 Å². The van der Waals surface area contributed by atoms with E-state index < -0.39 is 0 Å². The van der Waals surface area contributed by atoms with Crippen molar-refractivity contribution in [2.45, 2.75) is 37.5 Å². The van der Waals surface area contributed by atoms with E-state index in [1.165, 1.54) is 49.9 Å². The third-order valence-electron chi connectivity index (χ3n) is 4.47. The highest BCUT2D eigenvalue weighted by Crippen LogP contribution is 2.27. The fourth-order valence-corrected chi connectivity index (χ4v) is 3.31. The minimum absolute atomic E-state index is 0.734. The molecule has 2 fully saturated rings. The van der Waals surface area contributed by atoms with Crippen LogP contribution >= 0.6 is 0 Å². The SMILES string of the molecule is c1cc(C2CCCNC2)ccc1C1CCCNC1. The first-order valence-electron chi connectivity index (χ1n) is 7.45. The van der Waals surface area contributed by atoms with Crippen LogP contribution in [0.4, 0.5) is 0 Å². The van der Waals surface area contributed by atoms with Crippen molar-refractivity contribution < 1.29 is 0 Å². The minimum Gasteiger partial charge on any atom is -0.316 e. The lowest BCUT2D eigenvalue weighted by Gasteiger charge is -2.25. The van der Waals surface area contributed by atoms with Gasteiger partial charge in [0.05, 0.1) is 0 Å². The van der Waals surface area contributed by atoms with Gasteiger partial charge in [-0.3, -0.25) is 0 Å². The average molecular weight is 244 g/mol. The second-order valence-electron chi connectivity index (χ2n) is 5.75. The molecule has 0 aromatic heterocycles. The van der Waals surface area contributed by atoms with E-state index in [9.17, 15) is 0 Å². The zero-order valence-electron chi connectivity index (χ0n) is 11.1. The van der Waals surface area contributed by atoms with Crippen molar-refractivity contribution in [2.24, 2.45) is 0 Å². The Kier molecular flexibility index (Phi) is 3.96. The largest absolute Gasteiger partial charge is 0.316 e. The molecule has 2 saturated heterocycles. The van der Waals surface area contributed by atoms with E-state index in [2.05, 4.69) is 34.9 Å². The van der Waals surface area contributed by atoms with E-state index in [-0.39, 0.29) is 0 Å². The molecule has 1 aromatic carbocycles. The van der Waals surface area contributed by atoms with Gasteiger partial charge in [0.1, 0.15) is 0 Å². The molecule has 2 N–H and O–H groups in total. The van der Waals surface area contributed by atoms with Gasteiger partial charge < -0.3 is 10.6 Å². The predicted molar refractivity (Wildman–Crippen MR) is 76.1 cm³/mol. The van der Waals surface area contributed by atoms with Gasteiger partial charge in [-0.05, 0) is 61.7 Å². The standard InChI is InChI=1S/C16H24N2/c1-3-15(11-17-9-1)13-5-7-14(8-6-13)16-4-2-10-18-12-16/h5-8,15-18H,1-4,9-12H2. The molecule has 0 bridgehead atoms. The second-order valence-corrected chi connectivity index (χ2v) is 5.75. The lowest BCUT2D eigenvalue weighted by Crippen LogP contribution is -2.29. The number of rotatable bonds is 2. The van der Waals surface area contributed by atoms with Gasteiger partial charge in [0.25, 0.3) is 0 Å². The summed E-state index contributed by atoms with van der Waals surface area (Å²) in [4.78, 5) is 0. The maximum atomic E-state index is 3.50. The third-order valence-corrected chi connectivity index (χ3v) is 4.47. The zero-order chi connectivity index (χ0) is 12.2. The first-order chi connectivity index (χ1) is 8.93. The monoisotopic (exact) mass is 244 g/mol. The molecule has 2 atom stereocenters. The quantitative estimate of drug-likeness (QED) is 0.835. The van der Waals surface area contributed by atoms with E-state index in [1.54, 1.807) is 0 Å². The van der Waals surface area contributed by atoms with Gasteiger partial charge in [0.15, 0.2) is 0 Å². The maximum absolute atomic E-state index is 3.50. The van der Waals surface area contributed by atoms with Gasteiger partial charge in [0, 0.05) is 13.1 Å². The summed E-state index contributed by atoms with van der Waals surface area (Å²) in [6.45, 7) is 4.71. The maximum Gasteiger partial charge on any atom is 0.00201 e. The molecule has 2 aliphatic heterocycles. The summed E-state index contributed by atoms with van der Waals surface area (Å²) >= 11 is 0. The third kappa shape index (κ3) is 2.76. The summed E-state index contributed by atoms with van der Waals surface area (Å²) in [5, 5.41) is 7.00. The second kappa shape index (κ2) is 5.85. The number of hydrogen-bond acceptors (Lipinski definition) is 2. The van der Waals surface area contributed by atoms with Gasteiger partial charge >= 0.3 is 0 Å². The Labute approximate surface area is 110 Å². The zero-order valence-corrected chi connectivity index (χ0v) is 11.1. The fourth-order valence-electron chi connectivity index (χ4n) is 3.31. The van der Waals surface area contributed by atoms with Crippen molar-refractivity contribution in [2.75, 3.05) is 26.2 Å². The van der Waals surface area contributed by atoms with Gasteiger partial charge in [-0.25, -0.2) is 0 Å². The molecule has 2 heterocycles. The van der Waals surface area contributed by atoms with Crippen molar-refractivity contribution in [1.29, 1.82) is 0 Å². The summed E-state index contributed by atoms with van der Waals surface area (Å²) in [5.74, 6) is 1.47. The van der Waals surface area contributed by atoms with Crippen molar-refractivity contribution in [3.8, 4) is 0 Å². The number of nitrogens with one attached hydrogen (secondary N) is 2. The average Bonchev–Trinajstić information content (AvgIpc) is 2.49. The van der Waals surface area contributed by atoms with E-state index in [1.807, 2.05) is 0 Å². The van der Waals surface area contributed by atoms with E-state index in [0.29, 0.717) is 0 Å². The van der Waals surface area contributed by atoms with Crippen molar-refractivity contribution in [3.63, 3.8) is 0 Å². The highest BCUT2D eigenvalue weighted by molar-refractivity contribution is 5.28. The van der Waals surface area contributed by atoms with Crippen LogP contribution in [0.5, 0.6) is 0 Å². The highest BCUT2D eigenvalue weighted by atomic mass is 14.9. The Bertz CT molecular complexity index is 322. The van der Waals surface area contributed by atoms with Gasteiger partial charge in [-0.15, -0.1) is 0 Å². The minimum atomic E-state index is 0.734. The van der Waals surface area contributed by atoms with Crippen molar-refractivity contribution in [1.82, 2.24) is 10.6 Å². The van der Waals surface area contributed by atoms with E-state index >= 15 is 0 Å². The van der Waals surface area contributed by atoms with Crippen molar-refractivity contribution >= 4 is 0 Å². The van der Waals surface area contributed by atoms with Crippen LogP contribution in [0.1, 0.15) is 48.6 Å². The van der Waals surface area contributed by atoms with Crippen LogP contribution in [-0.4, -0.2) is 26.2 Å².